The van der Waals surface area contributed by atoms with Gasteiger partial charge in [-0.05, 0) is 25.9 Å². The van der Waals surface area contributed by atoms with E-state index in [4.69, 9.17) is 4.74 Å². The first-order chi connectivity index (χ1) is 9.80. The van der Waals surface area contributed by atoms with Crippen molar-refractivity contribution in [1.29, 1.82) is 0 Å². The Morgan fingerprint density at radius 3 is 2.67 bits per heavy atom. The van der Waals surface area contributed by atoms with E-state index in [2.05, 4.69) is 5.32 Å². The van der Waals surface area contributed by atoms with Crippen LogP contribution in [-0.2, 0) is 14.3 Å². The normalized spacial score (nSPS) is 32.3. The van der Waals surface area contributed by atoms with Gasteiger partial charge in [-0.1, -0.05) is 6.92 Å². The topological polar surface area (TPSA) is 58.6 Å². The van der Waals surface area contributed by atoms with Gasteiger partial charge in [0.2, 0.25) is 0 Å². The fraction of sp³-hybridized carbons (Fsp3) is 0.857. The van der Waals surface area contributed by atoms with Crippen molar-refractivity contribution in [3.8, 4) is 0 Å². The molecule has 0 saturated carbocycles. The zero-order valence-corrected chi connectivity index (χ0v) is 12.5. The van der Waals surface area contributed by atoms with E-state index in [0.717, 1.165) is 0 Å². The third-order valence-electron chi connectivity index (χ3n) is 4.61. The van der Waals surface area contributed by atoms with Gasteiger partial charge in [-0.3, -0.25) is 14.5 Å². The number of rotatable bonds is 6. The number of ether oxygens (including phenoxy) is 1. The molecule has 7 heteroatoms. The molecule has 5 nitrogen and oxygen atoms in total. The number of piperidine rings is 3. The summed E-state index contributed by atoms with van der Waals surface area (Å²) in [6.07, 6.45) is 0.697. The molecule has 21 heavy (non-hydrogen) atoms. The smallest absolute Gasteiger partial charge is 0.326 e. The molecule has 0 aromatic rings. The second kappa shape index (κ2) is 5.96. The van der Waals surface area contributed by atoms with Crippen LogP contribution in [0.5, 0.6) is 0 Å². The van der Waals surface area contributed by atoms with E-state index < -0.39 is 29.7 Å². The highest BCUT2D eigenvalue weighted by Gasteiger charge is 2.53. The number of hydrogen-bond acceptors (Lipinski definition) is 4. The van der Waals surface area contributed by atoms with Crippen molar-refractivity contribution in [3.63, 3.8) is 0 Å². The Kier molecular flexibility index (Phi) is 4.63. The molecule has 0 aromatic heterocycles. The number of nitrogens with zero attached hydrogens (tertiary/aromatic N) is 1. The molecule has 3 aliphatic heterocycles. The molecular formula is C14H22F2N2O3. The molecule has 3 aliphatic rings. The van der Waals surface area contributed by atoms with E-state index in [-0.39, 0.29) is 18.9 Å². The van der Waals surface area contributed by atoms with E-state index in [1.807, 2.05) is 6.92 Å². The molecule has 0 aromatic carbocycles. The first-order valence-electron chi connectivity index (χ1n) is 7.23. The van der Waals surface area contributed by atoms with Crippen molar-refractivity contribution < 1.29 is 23.1 Å². The number of methoxy groups -OCH3 is 1. The number of amides is 1. The number of Topliss-reactive ketones (excluding diaryl/α,β-unsaturated/α-hetero) is 1. The maximum atomic E-state index is 14.0. The molecule has 0 radical (unpaired) electrons. The number of carbonyl (C=O) groups excluding carboxylic acids is 2. The number of nitrogens with one attached hydrogen (secondary N) is 1. The standard InChI is InChI=1S/C14H22F2N2O3/c1-13-3-6-18(7-4-13)10(11(13)19)9-14(15,16)12(20)17-5-8-21-2/h10H,3-9H2,1-2H3,(H,17,20). The molecule has 1 amide bonds. The van der Waals surface area contributed by atoms with E-state index in [9.17, 15) is 18.4 Å². The van der Waals surface area contributed by atoms with Crippen LogP contribution in [0, 0.1) is 5.41 Å². The van der Waals surface area contributed by atoms with Gasteiger partial charge in [0.25, 0.3) is 5.91 Å². The molecule has 3 rings (SSSR count). The fourth-order valence-electron chi connectivity index (χ4n) is 3.10. The minimum atomic E-state index is -3.54. The maximum Gasteiger partial charge on any atom is 0.326 e. The van der Waals surface area contributed by atoms with Crippen LogP contribution in [0.25, 0.3) is 0 Å². The van der Waals surface area contributed by atoms with Crippen molar-refractivity contribution in [2.75, 3.05) is 33.4 Å². The molecule has 1 N–H and O–H groups in total. The first-order valence-corrected chi connectivity index (χ1v) is 7.23. The van der Waals surface area contributed by atoms with Gasteiger partial charge < -0.3 is 10.1 Å². The third kappa shape index (κ3) is 3.23. The highest BCUT2D eigenvalue weighted by atomic mass is 19.3. The van der Waals surface area contributed by atoms with Crippen LogP contribution in [0.15, 0.2) is 0 Å². The van der Waals surface area contributed by atoms with Crippen molar-refractivity contribution >= 4 is 11.7 Å². The lowest BCUT2D eigenvalue weighted by Crippen LogP contribution is -2.62. The molecular weight excluding hydrogens is 282 g/mol. The summed E-state index contributed by atoms with van der Waals surface area (Å²) in [5, 5.41) is 2.14. The van der Waals surface area contributed by atoms with Crippen molar-refractivity contribution in [1.82, 2.24) is 10.2 Å². The first kappa shape index (κ1) is 16.3. The largest absolute Gasteiger partial charge is 0.383 e. The van der Waals surface area contributed by atoms with Gasteiger partial charge in [0.05, 0.1) is 12.6 Å². The molecule has 1 atom stereocenters. The van der Waals surface area contributed by atoms with Gasteiger partial charge in [-0.15, -0.1) is 0 Å². The number of hydrogen-bond donors (Lipinski definition) is 1. The molecule has 3 saturated heterocycles. The Hall–Kier alpha value is -1.08. The average Bonchev–Trinajstić information content (AvgIpc) is 2.44. The Labute approximate surface area is 123 Å². The SMILES string of the molecule is COCCNC(=O)C(F)(F)CC1C(=O)C2(C)CCN1CC2. The molecule has 120 valence electrons. The lowest BCUT2D eigenvalue weighted by molar-refractivity contribution is -0.159. The number of halogens is 2. The Balaban J connectivity index is 1.99. The molecule has 1 unspecified atom stereocenters. The number of alkyl halides is 2. The predicted octanol–water partition coefficient (Wildman–Crippen LogP) is 0.828. The second-order valence-corrected chi connectivity index (χ2v) is 6.13. The van der Waals surface area contributed by atoms with Crippen LogP contribution < -0.4 is 5.32 Å². The Morgan fingerprint density at radius 1 is 1.48 bits per heavy atom. The molecule has 3 heterocycles. The number of fused-ring (bicyclic) bond motifs is 3. The Morgan fingerprint density at radius 2 is 2.10 bits per heavy atom. The molecule has 0 aliphatic carbocycles. The highest BCUT2D eigenvalue weighted by molar-refractivity contribution is 5.92. The van der Waals surface area contributed by atoms with Gasteiger partial charge in [-0.25, -0.2) is 0 Å². The quantitative estimate of drug-likeness (QED) is 0.738. The minimum absolute atomic E-state index is 0.0327. The molecule has 3 fully saturated rings. The summed E-state index contributed by atoms with van der Waals surface area (Å²) in [6, 6.07) is -0.847. The average molecular weight is 304 g/mol. The summed E-state index contributed by atoms with van der Waals surface area (Å²) in [7, 11) is 1.43. The Bertz CT molecular complexity index is 420. The summed E-state index contributed by atoms with van der Waals surface area (Å²) in [5.41, 5.74) is -0.498. The lowest BCUT2D eigenvalue weighted by Gasteiger charge is -2.50. The van der Waals surface area contributed by atoms with Crippen LogP contribution >= 0.6 is 0 Å². The zero-order valence-electron chi connectivity index (χ0n) is 12.5. The summed E-state index contributed by atoms with van der Waals surface area (Å²) in [6.45, 7) is 3.34. The van der Waals surface area contributed by atoms with E-state index >= 15 is 0 Å². The monoisotopic (exact) mass is 304 g/mol. The number of carbonyl (C=O) groups is 2. The van der Waals surface area contributed by atoms with Crippen LogP contribution in [-0.4, -0.2) is 61.9 Å². The van der Waals surface area contributed by atoms with Crippen LogP contribution in [0.3, 0.4) is 0 Å². The third-order valence-corrected chi connectivity index (χ3v) is 4.61. The maximum absolute atomic E-state index is 14.0. The van der Waals surface area contributed by atoms with Crippen molar-refractivity contribution in [2.45, 2.75) is 38.2 Å². The van der Waals surface area contributed by atoms with Crippen LogP contribution in [0.4, 0.5) is 8.78 Å². The lowest BCUT2D eigenvalue weighted by atomic mass is 9.68. The summed E-state index contributed by atoms with van der Waals surface area (Å²) in [4.78, 5) is 25.7. The van der Waals surface area contributed by atoms with Crippen LogP contribution in [0.1, 0.15) is 26.2 Å². The van der Waals surface area contributed by atoms with Gasteiger partial charge >= 0.3 is 5.92 Å². The predicted molar refractivity (Wildman–Crippen MR) is 72.2 cm³/mol. The zero-order chi connectivity index (χ0) is 15.7. The summed E-state index contributed by atoms with van der Waals surface area (Å²) >= 11 is 0. The summed E-state index contributed by atoms with van der Waals surface area (Å²) < 4.78 is 32.7. The molecule has 2 bridgehead atoms. The van der Waals surface area contributed by atoms with Crippen LogP contribution in [0.2, 0.25) is 0 Å². The van der Waals surface area contributed by atoms with Gasteiger partial charge in [0.15, 0.2) is 5.78 Å². The van der Waals surface area contributed by atoms with Gasteiger partial charge in [0.1, 0.15) is 0 Å². The minimum Gasteiger partial charge on any atom is -0.383 e. The summed E-state index contributed by atoms with van der Waals surface area (Å²) in [5.74, 6) is -5.02. The van der Waals surface area contributed by atoms with E-state index in [0.29, 0.717) is 25.9 Å². The van der Waals surface area contributed by atoms with Crippen molar-refractivity contribution in [3.05, 3.63) is 0 Å². The van der Waals surface area contributed by atoms with E-state index in [1.165, 1.54) is 7.11 Å². The van der Waals surface area contributed by atoms with E-state index in [1.54, 1.807) is 4.90 Å². The highest BCUT2D eigenvalue weighted by Crippen LogP contribution is 2.42. The fourth-order valence-corrected chi connectivity index (χ4v) is 3.10. The number of ketones is 1. The molecule has 0 spiro atoms. The van der Waals surface area contributed by atoms with Crippen molar-refractivity contribution in [2.24, 2.45) is 5.41 Å². The second-order valence-electron chi connectivity index (χ2n) is 6.13. The van der Waals surface area contributed by atoms with Gasteiger partial charge in [0, 0.05) is 25.5 Å². The van der Waals surface area contributed by atoms with Gasteiger partial charge in [-0.2, -0.15) is 8.78 Å².